The largest absolute Gasteiger partial charge is 0.497 e. The van der Waals surface area contributed by atoms with Gasteiger partial charge in [-0.1, -0.05) is 0 Å². The number of hydrogen-bond acceptors (Lipinski definition) is 3. The van der Waals surface area contributed by atoms with Crippen molar-refractivity contribution in [3.8, 4) is 5.75 Å². The van der Waals surface area contributed by atoms with Crippen LogP contribution in [0.3, 0.4) is 0 Å². The van der Waals surface area contributed by atoms with E-state index in [0.717, 1.165) is 17.9 Å². The highest BCUT2D eigenvalue weighted by atomic mass is 32.2. The highest BCUT2D eigenvalue weighted by Crippen LogP contribution is 2.22. The molecule has 0 bridgehead atoms. The van der Waals surface area contributed by atoms with Crippen molar-refractivity contribution < 1.29 is 13.9 Å². The predicted molar refractivity (Wildman–Crippen MR) is 70.7 cm³/mol. The van der Waals surface area contributed by atoms with E-state index in [1.807, 2.05) is 11.8 Å². The Bertz CT molecular complexity index is 433. The van der Waals surface area contributed by atoms with Gasteiger partial charge in [0.2, 0.25) is 0 Å². The number of ether oxygens (including phenoxy) is 1. The summed E-state index contributed by atoms with van der Waals surface area (Å²) >= 11 is 1.90. The van der Waals surface area contributed by atoms with Crippen LogP contribution in [0.5, 0.6) is 5.75 Å². The highest BCUT2D eigenvalue weighted by Gasteiger charge is 2.18. The van der Waals surface area contributed by atoms with Crippen LogP contribution in [-0.4, -0.2) is 31.1 Å². The van der Waals surface area contributed by atoms with Gasteiger partial charge in [0.15, 0.2) is 0 Å². The lowest BCUT2D eigenvalue weighted by Gasteiger charge is -2.10. The van der Waals surface area contributed by atoms with E-state index in [9.17, 15) is 9.18 Å². The normalized spacial score (nSPS) is 18.7. The van der Waals surface area contributed by atoms with Crippen LogP contribution in [0.1, 0.15) is 16.8 Å². The van der Waals surface area contributed by atoms with Crippen LogP contribution in [0.15, 0.2) is 18.2 Å². The van der Waals surface area contributed by atoms with Gasteiger partial charge in [0, 0.05) is 12.6 Å². The monoisotopic (exact) mass is 269 g/mol. The van der Waals surface area contributed by atoms with E-state index in [1.54, 1.807) is 6.07 Å². The van der Waals surface area contributed by atoms with Gasteiger partial charge in [-0.15, -0.1) is 0 Å². The van der Waals surface area contributed by atoms with Crippen molar-refractivity contribution in [3.05, 3.63) is 29.6 Å². The SMILES string of the molecule is COc1ccc(C(=O)NCC2CCSC2)c(F)c1. The summed E-state index contributed by atoms with van der Waals surface area (Å²) in [6.45, 7) is 0.622. The number of halogens is 1. The molecule has 1 heterocycles. The Kier molecular flexibility index (Phi) is 4.47. The van der Waals surface area contributed by atoms with Gasteiger partial charge >= 0.3 is 0 Å². The summed E-state index contributed by atoms with van der Waals surface area (Å²) in [6, 6.07) is 4.26. The van der Waals surface area contributed by atoms with Crippen LogP contribution < -0.4 is 10.1 Å². The predicted octanol–water partition coefficient (Wildman–Crippen LogP) is 2.32. The molecule has 1 unspecified atom stereocenters. The van der Waals surface area contributed by atoms with Gasteiger partial charge in [0.05, 0.1) is 12.7 Å². The fraction of sp³-hybridized carbons (Fsp3) is 0.462. The van der Waals surface area contributed by atoms with Gasteiger partial charge in [0.25, 0.3) is 5.91 Å². The van der Waals surface area contributed by atoms with Crippen LogP contribution in [0, 0.1) is 11.7 Å². The standard InChI is InChI=1S/C13H16FNO2S/c1-17-10-2-3-11(12(14)6-10)13(16)15-7-9-4-5-18-8-9/h2-3,6,9H,4-5,7-8H2,1H3,(H,15,16). The van der Waals surface area contributed by atoms with Crippen molar-refractivity contribution >= 4 is 17.7 Å². The molecule has 18 heavy (non-hydrogen) atoms. The summed E-state index contributed by atoms with van der Waals surface area (Å²) in [4.78, 5) is 11.8. The molecule has 1 atom stereocenters. The van der Waals surface area contributed by atoms with Gasteiger partial charge in [-0.2, -0.15) is 11.8 Å². The fourth-order valence-corrected chi connectivity index (χ4v) is 3.17. The molecule has 98 valence electrons. The second kappa shape index (κ2) is 6.09. The first-order valence-electron chi connectivity index (χ1n) is 5.90. The Labute approximate surface area is 110 Å². The molecule has 5 heteroatoms. The summed E-state index contributed by atoms with van der Waals surface area (Å²) in [6.07, 6.45) is 1.12. The second-order valence-corrected chi connectivity index (χ2v) is 5.44. The van der Waals surface area contributed by atoms with Crippen LogP contribution in [0.2, 0.25) is 0 Å². The van der Waals surface area contributed by atoms with Gasteiger partial charge < -0.3 is 10.1 Å². The maximum Gasteiger partial charge on any atom is 0.254 e. The van der Waals surface area contributed by atoms with E-state index in [4.69, 9.17) is 4.74 Å². The number of carbonyl (C=O) groups excluding carboxylic acids is 1. The first-order valence-corrected chi connectivity index (χ1v) is 7.05. The van der Waals surface area contributed by atoms with Crippen molar-refractivity contribution in [1.29, 1.82) is 0 Å². The summed E-state index contributed by atoms with van der Waals surface area (Å²) in [5.74, 6) is 2.25. The Morgan fingerprint density at radius 1 is 1.61 bits per heavy atom. The molecule has 0 saturated carbocycles. The van der Waals surface area contributed by atoms with Gasteiger partial charge in [-0.25, -0.2) is 4.39 Å². The molecule has 1 aromatic carbocycles. The van der Waals surface area contributed by atoms with Crippen molar-refractivity contribution in [2.75, 3.05) is 25.2 Å². The number of carbonyl (C=O) groups is 1. The lowest BCUT2D eigenvalue weighted by Crippen LogP contribution is -2.29. The first-order chi connectivity index (χ1) is 8.70. The summed E-state index contributed by atoms with van der Waals surface area (Å²) in [5, 5.41) is 2.79. The molecule has 0 spiro atoms. The molecule has 1 saturated heterocycles. The van der Waals surface area contributed by atoms with Crippen LogP contribution in [0.4, 0.5) is 4.39 Å². The number of rotatable bonds is 4. The highest BCUT2D eigenvalue weighted by molar-refractivity contribution is 7.99. The summed E-state index contributed by atoms with van der Waals surface area (Å²) < 4.78 is 18.5. The third-order valence-electron chi connectivity index (χ3n) is 3.00. The molecular formula is C13H16FNO2S. The van der Waals surface area contributed by atoms with Gasteiger partial charge in [-0.05, 0) is 36.0 Å². The maximum atomic E-state index is 13.6. The van der Waals surface area contributed by atoms with Crippen LogP contribution >= 0.6 is 11.8 Å². The van der Waals surface area contributed by atoms with Crippen LogP contribution in [0.25, 0.3) is 0 Å². The minimum absolute atomic E-state index is 0.0708. The minimum Gasteiger partial charge on any atom is -0.497 e. The van der Waals surface area contributed by atoms with E-state index < -0.39 is 5.82 Å². The van der Waals surface area contributed by atoms with E-state index in [0.29, 0.717) is 18.2 Å². The number of nitrogens with one attached hydrogen (secondary N) is 1. The third kappa shape index (κ3) is 3.16. The van der Waals surface area contributed by atoms with Crippen molar-refractivity contribution in [1.82, 2.24) is 5.32 Å². The van der Waals surface area contributed by atoms with Crippen molar-refractivity contribution in [3.63, 3.8) is 0 Å². The molecule has 0 aromatic heterocycles. The minimum atomic E-state index is -0.548. The molecular weight excluding hydrogens is 253 g/mol. The summed E-state index contributed by atoms with van der Waals surface area (Å²) in [7, 11) is 1.46. The van der Waals surface area contributed by atoms with Crippen molar-refractivity contribution in [2.24, 2.45) is 5.92 Å². The number of benzene rings is 1. The van der Waals surface area contributed by atoms with E-state index in [-0.39, 0.29) is 11.5 Å². The molecule has 1 aliphatic heterocycles. The summed E-state index contributed by atoms with van der Waals surface area (Å²) in [5.41, 5.74) is 0.0708. The maximum absolute atomic E-state index is 13.6. The molecule has 2 rings (SSSR count). The Hall–Kier alpha value is -1.23. The Morgan fingerprint density at radius 2 is 2.44 bits per heavy atom. The zero-order valence-electron chi connectivity index (χ0n) is 10.2. The average molecular weight is 269 g/mol. The number of hydrogen-bond donors (Lipinski definition) is 1. The topological polar surface area (TPSA) is 38.3 Å². The number of thioether (sulfide) groups is 1. The van der Waals surface area contributed by atoms with Crippen LogP contribution in [-0.2, 0) is 0 Å². The second-order valence-electron chi connectivity index (χ2n) is 4.29. The van der Waals surface area contributed by atoms with Crippen molar-refractivity contribution in [2.45, 2.75) is 6.42 Å². The molecule has 1 aromatic rings. The van der Waals surface area contributed by atoms with E-state index in [1.165, 1.54) is 19.2 Å². The first kappa shape index (κ1) is 13.2. The Morgan fingerprint density at radius 3 is 3.06 bits per heavy atom. The number of methoxy groups -OCH3 is 1. The van der Waals surface area contributed by atoms with Gasteiger partial charge in [0.1, 0.15) is 11.6 Å². The molecule has 1 N–H and O–H groups in total. The Balaban J connectivity index is 1.95. The molecule has 1 fully saturated rings. The lowest BCUT2D eigenvalue weighted by atomic mass is 10.1. The number of amides is 1. The molecule has 1 amide bonds. The smallest absolute Gasteiger partial charge is 0.254 e. The molecule has 3 nitrogen and oxygen atoms in total. The molecule has 0 radical (unpaired) electrons. The lowest BCUT2D eigenvalue weighted by molar-refractivity contribution is 0.0944. The third-order valence-corrected chi connectivity index (χ3v) is 4.23. The zero-order valence-corrected chi connectivity index (χ0v) is 11.1. The van der Waals surface area contributed by atoms with Gasteiger partial charge in [-0.3, -0.25) is 4.79 Å². The fourth-order valence-electron chi connectivity index (χ4n) is 1.88. The van der Waals surface area contributed by atoms with E-state index >= 15 is 0 Å². The molecule has 1 aliphatic rings. The quantitative estimate of drug-likeness (QED) is 0.911. The average Bonchev–Trinajstić information content (AvgIpc) is 2.88. The zero-order chi connectivity index (χ0) is 13.0. The molecule has 0 aliphatic carbocycles. The van der Waals surface area contributed by atoms with E-state index in [2.05, 4.69) is 5.32 Å².